The molecule has 1 fully saturated rings. The lowest BCUT2D eigenvalue weighted by molar-refractivity contribution is 0.0587. The van der Waals surface area contributed by atoms with E-state index < -0.39 is 5.82 Å². The summed E-state index contributed by atoms with van der Waals surface area (Å²) in [5.41, 5.74) is 0.623. The standard InChI is InChI=1S/C17H17FN4O3/c1-23-14-8-11(2-3-13(14)18)16-20-17(25-21-16)15-12(4-7-24-15)9-22-6-5-19-10-22/h2-3,5-6,8,10,12,15H,4,7,9H2,1H3/t12-,15-/m0/s1. The van der Waals surface area contributed by atoms with Gasteiger partial charge in [-0.05, 0) is 24.6 Å². The molecule has 0 N–H and O–H groups in total. The molecule has 0 aliphatic carbocycles. The van der Waals surface area contributed by atoms with Gasteiger partial charge in [0.1, 0.15) is 6.10 Å². The van der Waals surface area contributed by atoms with Gasteiger partial charge >= 0.3 is 0 Å². The van der Waals surface area contributed by atoms with Crippen molar-refractivity contribution >= 4 is 0 Å². The van der Waals surface area contributed by atoms with E-state index in [1.54, 1.807) is 24.7 Å². The summed E-state index contributed by atoms with van der Waals surface area (Å²) in [5, 5.41) is 4.00. The zero-order valence-electron chi connectivity index (χ0n) is 13.6. The van der Waals surface area contributed by atoms with Crippen LogP contribution in [0.25, 0.3) is 11.4 Å². The Morgan fingerprint density at radius 3 is 3.12 bits per heavy atom. The third kappa shape index (κ3) is 3.12. The fourth-order valence-electron chi connectivity index (χ4n) is 3.03. The lowest BCUT2D eigenvalue weighted by atomic mass is 10.0. The molecule has 0 amide bonds. The van der Waals surface area contributed by atoms with Gasteiger partial charge in [-0.3, -0.25) is 0 Å². The van der Waals surface area contributed by atoms with Crippen molar-refractivity contribution in [2.75, 3.05) is 13.7 Å². The molecule has 0 bridgehead atoms. The number of hydrogen-bond donors (Lipinski definition) is 0. The van der Waals surface area contributed by atoms with Gasteiger partial charge in [0.25, 0.3) is 5.89 Å². The Kier molecular flexibility index (Phi) is 4.19. The van der Waals surface area contributed by atoms with E-state index in [0.717, 1.165) is 13.0 Å². The van der Waals surface area contributed by atoms with Gasteiger partial charge in [0.05, 0.1) is 13.4 Å². The maximum atomic E-state index is 13.6. The predicted molar refractivity (Wildman–Crippen MR) is 85.3 cm³/mol. The number of rotatable bonds is 5. The van der Waals surface area contributed by atoms with Crippen molar-refractivity contribution in [3.8, 4) is 17.1 Å². The molecule has 0 saturated carbocycles. The van der Waals surface area contributed by atoms with Crippen LogP contribution in [0.2, 0.25) is 0 Å². The highest BCUT2D eigenvalue weighted by molar-refractivity contribution is 5.57. The van der Waals surface area contributed by atoms with Crippen LogP contribution in [0.5, 0.6) is 5.75 Å². The van der Waals surface area contributed by atoms with E-state index in [1.165, 1.54) is 13.2 Å². The second-order valence-electron chi connectivity index (χ2n) is 5.91. The molecule has 8 heteroatoms. The Bertz CT molecular complexity index is 849. The lowest BCUT2D eigenvalue weighted by Gasteiger charge is -2.15. The van der Waals surface area contributed by atoms with E-state index in [9.17, 15) is 4.39 Å². The number of halogens is 1. The third-order valence-electron chi connectivity index (χ3n) is 4.31. The number of nitrogens with zero attached hydrogens (tertiary/aromatic N) is 4. The van der Waals surface area contributed by atoms with Crippen LogP contribution in [0.1, 0.15) is 18.4 Å². The van der Waals surface area contributed by atoms with Crippen LogP contribution in [0.15, 0.2) is 41.4 Å². The zero-order valence-corrected chi connectivity index (χ0v) is 13.6. The largest absolute Gasteiger partial charge is 0.494 e. The summed E-state index contributed by atoms with van der Waals surface area (Å²) < 4.78 is 31.8. The molecule has 4 rings (SSSR count). The first kappa shape index (κ1) is 15.8. The van der Waals surface area contributed by atoms with Crippen molar-refractivity contribution < 1.29 is 18.4 Å². The molecule has 0 radical (unpaired) electrons. The van der Waals surface area contributed by atoms with Gasteiger partial charge in [0.15, 0.2) is 11.6 Å². The first-order chi connectivity index (χ1) is 12.2. The molecule has 25 heavy (non-hydrogen) atoms. The second-order valence-corrected chi connectivity index (χ2v) is 5.91. The summed E-state index contributed by atoms with van der Waals surface area (Å²) in [6.45, 7) is 1.42. The average molecular weight is 344 g/mol. The summed E-state index contributed by atoms with van der Waals surface area (Å²) in [5.74, 6) is 0.741. The maximum absolute atomic E-state index is 13.6. The van der Waals surface area contributed by atoms with Crippen LogP contribution in [0.3, 0.4) is 0 Å². The van der Waals surface area contributed by atoms with Crippen molar-refractivity contribution in [1.82, 2.24) is 19.7 Å². The maximum Gasteiger partial charge on any atom is 0.256 e. The third-order valence-corrected chi connectivity index (χ3v) is 4.31. The Labute approximate surface area is 143 Å². The number of aromatic nitrogens is 4. The molecular formula is C17H17FN4O3. The smallest absolute Gasteiger partial charge is 0.256 e. The van der Waals surface area contributed by atoms with Gasteiger partial charge in [-0.2, -0.15) is 4.98 Å². The first-order valence-electron chi connectivity index (χ1n) is 7.99. The van der Waals surface area contributed by atoms with Crippen molar-refractivity contribution in [3.63, 3.8) is 0 Å². The van der Waals surface area contributed by atoms with Crippen LogP contribution in [-0.4, -0.2) is 33.4 Å². The van der Waals surface area contributed by atoms with E-state index >= 15 is 0 Å². The molecule has 7 nitrogen and oxygen atoms in total. The minimum Gasteiger partial charge on any atom is -0.494 e. The highest BCUT2D eigenvalue weighted by Crippen LogP contribution is 2.35. The van der Waals surface area contributed by atoms with Crippen LogP contribution in [-0.2, 0) is 11.3 Å². The monoisotopic (exact) mass is 344 g/mol. The Balaban J connectivity index is 1.56. The molecule has 1 aliphatic heterocycles. The molecular weight excluding hydrogens is 327 g/mol. The summed E-state index contributed by atoms with van der Waals surface area (Å²) in [4.78, 5) is 8.50. The lowest BCUT2D eigenvalue weighted by Crippen LogP contribution is -2.14. The number of ether oxygens (including phenoxy) is 2. The highest BCUT2D eigenvalue weighted by Gasteiger charge is 2.34. The van der Waals surface area contributed by atoms with E-state index in [1.807, 2.05) is 10.8 Å². The van der Waals surface area contributed by atoms with E-state index in [2.05, 4.69) is 15.1 Å². The molecule has 2 atom stereocenters. The Hall–Kier alpha value is -2.74. The van der Waals surface area contributed by atoms with Crippen molar-refractivity contribution in [3.05, 3.63) is 48.6 Å². The molecule has 3 heterocycles. The molecule has 0 unspecified atom stereocenters. The molecule has 1 aromatic carbocycles. The van der Waals surface area contributed by atoms with Gasteiger partial charge in [-0.1, -0.05) is 5.16 Å². The van der Waals surface area contributed by atoms with Crippen molar-refractivity contribution in [1.29, 1.82) is 0 Å². The highest BCUT2D eigenvalue weighted by atomic mass is 19.1. The topological polar surface area (TPSA) is 75.2 Å². The summed E-state index contributed by atoms with van der Waals surface area (Å²) in [6, 6.07) is 4.45. The fourth-order valence-corrected chi connectivity index (χ4v) is 3.03. The van der Waals surface area contributed by atoms with Crippen LogP contribution in [0, 0.1) is 11.7 Å². The van der Waals surface area contributed by atoms with Gasteiger partial charge < -0.3 is 18.6 Å². The second kappa shape index (κ2) is 6.64. The van der Waals surface area contributed by atoms with E-state index in [-0.39, 0.29) is 17.8 Å². The normalized spacial score (nSPS) is 20.1. The Morgan fingerprint density at radius 1 is 1.40 bits per heavy atom. The molecule has 130 valence electrons. The van der Waals surface area contributed by atoms with Crippen LogP contribution in [0.4, 0.5) is 4.39 Å². The summed E-state index contributed by atoms with van der Waals surface area (Å²) in [6.07, 6.45) is 6.09. The van der Waals surface area contributed by atoms with E-state index in [0.29, 0.717) is 23.9 Å². The zero-order chi connectivity index (χ0) is 17.2. The average Bonchev–Trinajstić information content (AvgIpc) is 3.37. The van der Waals surface area contributed by atoms with Crippen molar-refractivity contribution in [2.24, 2.45) is 5.92 Å². The quantitative estimate of drug-likeness (QED) is 0.708. The van der Waals surface area contributed by atoms with E-state index in [4.69, 9.17) is 14.0 Å². The molecule has 2 aromatic heterocycles. The number of benzene rings is 1. The minimum atomic E-state index is -0.436. The van der Waals surface area contributed by atoms with Crippen molar-refractivity contribution in [2.45, 2.75) is 19.1 Å². The molecule has 1 saturated heterocycles. The van der Waals surface area contributed by atoms with Gasteiger partial charge in [-0.15, -0.1) is 0 Å². The van der Waals surface area contributed by atoms with Gasteiger partial charge in [0.2, 0.25) is 5.82 Å². The van der Waals surface area contributed by atoms with Crippen LogP contribution < -0.4 is 4.74 Å². The molecule has 3 aromatic rings. The molecule has 0 spiro atoms. The minimum absolute atomic E-state index is 0.138. The van der Waals surface area contributed by atoms with Gasteiger partial charge in [0, 0.05) is 37.0 Å². The Morgan fingerprint density at radius 2 is 2.32 bits per heavy atom. The summed E-state index contributed by atoms with van der Waals surface area (Å²) in [7, 11) is 1.41. The SMILES string of the molecule is COc1cc(-c2noc([C@H]3OCC[C@H]3Cn3ccnc3)n2)ccc1F. The number of methoxy groups -OCH3 is 1. The summed E-state index contributed by atoms with van der Waals surface area (Å²) >= 11 is 0. The fraction of sp³-hybridized carbons (Fsp3) is 0.353. The first-order valence-corrected chi connectivity index (χ1v) is 7.99. The predicted octanol–water partition coefficient (Wildman–Crippen LogP) is 2.86. The van der Waals surface area contributed by atoms with Gasteiger partial charge in [-0.25, -0.2) is 9.37 Å². The number of hydrogen-bond acceptors (Lipinski definition) is 6. The molecule has 1 aliphatic rings. The number of imidazole rings is 1. The van der Waals surface area contributed by atoms with Crippen LogP contribution >= 0.6 is 0 Å².